The highest BCUT2D eigenvalue weighted by Gasteiger charge is 2.65. The Hall–Kier alpha value is -0.590. The molecule has 0 heterocycles. The van der Waals surface area contributed by atoms with Gasteiger partial charge in [0.15, 0.2) is 0 Å². The largest absolute Gasteiger partial charge is 0.303 e. The van der Waals surface area contributed by atoms with Gasteiger partial charge in [-0.2, -0.15) is 0 Å². The van der Waals surface area contributed by atoms with Crippen molar-refractivity contribution in [2.24, 2.45) is 28.1 Å². The van der Waals surface area contributed by atoms with Crippen LogP contribution in [0.15, 0.2) is 12.2 Å². The monoisotopic (exact) mass is 218 g/mol. The molecule has 4 aliphatic carbocycles. The van der Waals surface area contributed by atoms with Crippen LogP contribution in [0.5, 0.6) is 0 Å². The summed E-state index contributed by atoms with van der Waals surface area (Å²) >= 11 is 0. The molecule has 2 fully saturated rings. The summed E-state index contributed by atoms with van der Waals surface area (Å²) in [7, 11) is 0. The molecule has 88 valence electrons. The van der Waals surface area contributed by atoms with E-state index in [1.165, 1.54) is 32.0 Å². The number of aldehydes is 1. The second-order valence-electron chi connectivity index (χ2n) is 6.79. The Morgan fingerprint density at radius 3 is 2.50 bits per heavy atom. The fourth-order valence-corrected chi connectivity index (χ4v) is 4.90. The summed E-state index contributed by atoms with van der Waals surface area (Å²) in [6.45, 7) is 6.87. The predicted molar refractivity (Wildman–Crippen MR) is 65.0 cm³/mol. The summed E-state index contributed by atoms with van der Waals surface area (Å²) in [4.78, 5) is 11.7. The Balaban J connectivity index is 2.19. The number of rotatable bonds is 1. The highest BCUT2D eigenvalue weighted by Crippen LogP contribution is 2.70. The first-order valence-corrected chi connectivity index (χ1v) is 6.65. The van der Waals surface area contributed by atoms with Gasteiger partial charge in [0.05, 0.1) is 0 Å². The molecule has 2 saturated carbocycles. The Kier molecular flexibility index (Phi) is 1.85. The zero-order chi connectivity index (χ0) is 11.6. The molecule has 4 aliphatic rings. The van der Waals surface area contributed by atoms with Crippen molar-refractivity contribution in [2.75, 3.05) is 0 Å². The first-order chi connectivity index (χ1) is 7.48. The fraction of sp³-hybridized carbons (Fsp3) is 0.800. The van der Waals surface area contributed by atoms with Gasteiger partial charge in [-0.3, -0.25) is 0 Å². The van der Waals surface area contributed by atoms with Gasteiger partial charge >= 0.3 is 0 Å². The molecule has 2 bridgehead atoms. The van der Waals surface area contributed by atoms with Crippen molar-refractivity contribution in [3.63, 3.8) is 0 Å². The number of hydrogen-bond donors (Lipinski definition) is 0. The predicted octanol–water partition coefficient (Wildman–Crippen LogP) is 3.59. The van der Waals surface area contributed by atoms with E-state index in [-0.39, 0.29) is 10.8 Å². The molecule has 0 aromatic rings. The third-order valence-electron chi connectivity index (χ3n) is 6.49. The van der Waals surface area contributed by atoms with Gasteiger partial charge in [-0.25, -0.2) is 0 Å². The number of allylic oxidation sites excluding steroid dienone is 2. The van der Waals surface area contributed by atoms with E-state index in [9.17, 15) is 4.79 Å². The van der Waals surface area contributed by atoms with Crippen LogP contribution >= 0.6 is 0 Å². The van der Waals surface area contributed by atoms with Crippen molar-refractivity contribution in [3.8, 4) is 0 Å². The summed E-state index contributed by atoms with van der Waals surface area (Å²) in [5.74, 6) is 1.36. The maximum Gasteiger partial charge on any atom is 0.127 e. The summed E-state index contributed by atoms with van der Waals surface area (Å²) < 4.78 is 0. The van der Waals surface area contributed by atoms with Gasteiger partial charge in [-0.1, -0.05) is 32.9 Å². The molecule has 1 spiro atoms. The van der Waals surface area contributed by atoms with Crippen molar-refractivity contribution in [1.29, 1.82) is 0 Å². The number of carbonyl (C=O) groups excluding carboxylic acids is 1. The summed E-state index contributed by atoms with van der Waals surface area (Å²) in [5, 5.41) is 0. The molecule has 1 heteroatoms. The van der Waals surface area contributed by atoms with Gasteiger partial charge in [0, 0.05) is 5.41 Å². The van der Waals surface area contributed by atoms with Gasteiger partial charge in [0.1, 0.15) is 6.29 Å². The molecule has 1 nitrogen and oxygen atoms in total. The van der Waals surface area contributed by atoms with Crippen molar-refractivity contribution >= 4 is 6.29 Å². The topological polar surface area (TPSA) is 17.1 Å². The molecule has 0 aliphatic heterocycles. The van der Waals surface area contributed by atoms with Crippen LogP contribution in [0.2, 0.25) is 0 Å². The third-order valence-corrected chi connectivity index (χ3v) is 6.49. The van der Waals surface area contributed by atoms with Crippen LogP contribution in [0.3, 0.4) is 0 Å². The van der Waals surface area contributed by atoms with Crippen LogP contribution in [0.25, 0.3) is 0 Å². The molecule has 4 rings (SSSR count). The molecular weight excluding hydrogens is 196 g/mol. The average molecular weight is 218 g/mol. The van der Waals surface area contributed by atoms with Crippen LogP contribution in [0.4, 0.5) is 0 Å². The zero-order valence-electron chi connectivity index (χ0n) is 10.6. The minimum absolute atomic E-state index is 0.116. The van der Waals surface area contributed by atoms with E-state index in [1.807, 2.05) is 0 Å². The van der Waals surface area contributed by atoms with E-state index < -0.39 is 0 Å². The Bertz CT molecular complexity index is 372. The second kappa shape index (κ2) is 2.80. The van der Waals surface area contributed by atoms with Crippen molar-refractivity contribution < 1.29 is 4.79 Å². The number of carbonyl (C=O) groups is 1. The van der Waals surface area contributed by atoms with Crippen molar-refractivity contribution in [1.82, 2.24) is 0 Å². The quantitative estimate of drug-likeness (QED) is 0.485. The SMILES string of the molecule is C[C@@H]1CC[C@@H]2[C@@]13C=C[C@@](C)(CC3)[C@@]2(C)C=O. The molecule has 0 N–H and O–H groups in total. The van der Waals surface area contributed by atoms with Gasteiger partial charge in [0.2, 0.25) is 0 Å². The lowest BCUT2D eigenvalue weighted by Crippen LogP contribution is -2.56. The minimum atomic E-state index is -0.120. The lowest BCUT2D eigenvalue weighted by atomic mass is 9.42. The molecule has 0 amide bonds. The number of hydrogen-bond acceptors (Lipinski definition) is 1. The molecular formula is C15H22O. The van der Waals surface area contributed by atoms with Gasteiger partial charge in [0.25, 0.3) is 0 Å². The van der Waals surface area contributed by atoms with E-state index in [0.717, 1.165) is 5.92 Å². The normalized spacial score (nSPS) is 58.7. The maximum absolute atomic E-state index is 11.7. The lowest BCUT2D eigenvalue weighted by Gasteiger charge is -2.60. The molecule has 0 radical (unpaired) electrons. The summed E-state index contributed by atoms with van der Waals surface area (Å²) in [5.41, 5.74) is 0.351. The average Bonchev–Trinajstić information content (AvgIpc) is 2.61. The van der Waals surface area contributed by atoms with Crippen LogP contribution < -0.4 is 0 Å². The first kappa shape index (κ1) is 10.6. The van der Waals surface area contributed by atoms with Crippen LogP contribution in [-0.4, -0.2) is 6.29 Å². The Morgan fingerprint density at radius 1 is 1.19 bits per heavy atom. The summed E-state index contributed by atoms with van der Waals surface area (Å²) in [6, 6.07) is 0. The van der Waals surface area contributed by atoms with E-state index in [4.69, 9.17) is 0 Å². The van der Waals surface area contributed by atoms with Gasteiger partial charge in [-0.05, 0) is 48.3 Å². The molecule has 0 aromatic heterocycles. The van der Waals surface area contributed by atoms with Gasteiger partial charge < -0.3 is 4.79 Å². The van der Waals surface area contributed by atoms with E-state index in [2.05, 4.69) is 32.9 Å². The fourth-order valence-electron chi connectivity index (χ4n) is 4.90. The molecule has 0 aromatic carbocycles. The number of fused-ring (bicyclic) bond motifs is 1. The third kappa shape index (κ3) is 0.881. The minimum Gasteiger partial charge on any atom is -0.303 e. The highest BCUT2D eigenvalue weighted by molar-refractivity contribution is 5.64. The van der Waals surface area contributed by atoms with Crippen molar-refractivity contribution in [3.05, 3.63) is 12.2 Å². The molecule has 16 heavy (non-hydrogen) atoms. The first-order valence-electron chi connectivity index (χ1n) is 6.65. The van der Waals surface area contributed by atoms with Crippen molar-refractivity contribution in [2.45, 2.75) is 46.5 Å². The molecule has 5 atom stereocenters. The Labute approximate surface area is 98.3 Å². The van der Waals surface area contributed by atoms with E-state index in [0.29, 0.717) is 11.3 Å². The zero-order valence-corrected chi connectivity index (χ0v) is 10.6. The second-order valence-corrected chi connectivity index (χ2v) is 6.79. The molecule has 0 unspecified atom stereocenters. The van der Waals surface area contributed by atoms with Crippen LogP contribution in [0, 0.1) is 28.1 Å². The highest BCUT2D eigenvalue weighted by atomic mass is 16.1. The van der Waals surface area contributed by atoms with E-state index in [1.54, 1.807) is 0 Å². The Morgan fingerprint density at radius 2 is 1.94 bits per heavy atom. The maximum atomic E-state index is 11.7. The summed E-state index contributed by atoms with van der Waals surface area (Å²) in [6.07, 6.45) is 11.2. The molecule has 0 saturated heterocycles. The standard InChI is InChI=1S/C15H22O/c1-11-4-5-12-14(3,10-16)13(2)6-8-15(11,12)9-7-13/h6,8,10-12H,4-5,7,9H2,1-3H3/t11-,12+,13+,14+,15-/m1/s1. The smallest absolute Gasteiger partial charge is 0.127 e. The lowest BCUT2D eigenvalue weighted by molar-refractivity contribution is -0.138. The van der Waals surface area contributed by atoms with E-state index >= 15 is 0 Å². The van der Waals surface area contributed by atoms with Crippen LogP contribution in [0.1, 0.15) is 46.5 Å². The van der Waals surface area contributed by atoms with Gasteiger partial charge in [-0.15, -0.1) is 0 Å². The van der Waals surface area contributed by atoms with Crippen LogP contribution in [-0.2, 0) is 4.79 Å².